The van der Waals surface area contributed by atoms with E-state index in [-0.39, 0.29) is 18.3 Å². The normalized spacial score (nSPS) is 12.3. The van der Waals surface area contributed by atoms with Crippen LogP contribution in [-0.4, -0.2) is 22.1 Å². The van der Waals surface area contributed by atoms with E-state index in [1.54, 1.807) is 12.1 Å². The minimum Gasteiger partial charge on any atom is -0.323 e. The Morgan fingerprint density at radius 3 is 2.39 bits per heavy atom. The van der Waals surface area contributed by atoms with Crippen molar-refractivity contribution in [2.45, 2.75) is 3.79 Å². The molecule has 1 amide bonds. The maximum atomic E-state index is 11.5. The number of benzene rings is 1. The van der Waals surface area contributed by atoms with E-state index in [4.69, 9.17) is 40.5 Å². The van der Waals surface area contributed by atoms with Gasteiger partial charge in [-0.1, -0.05) is 50.7 Å². The van der Waals surface area contributed by atoms with Crippen LogP contribution >= 0.6 is 50.7 Å². The molecule has 0 unspecified atom stereocenters. The van der Waals surface area contributed by atoms with Gasteiger partial charge in [-0.2, -0.15) is 0 Å². The molecule has 0 heterocycles. The Balaban J connectivity index is 2.55. The number of nitrogens with two attached hydrogens (primary N) is 1. The molecule has 4 nitrogen and oxygen atoms in total. The summed E-state index contributed by atoms with van der Waals surface area (Å²) in [6, 6.07) is 7.13. The third-order valence-electron chi connectivity index (χ3n) is 1.87. The van der Waals surface area contributed by atoms with E-state index in [0.717, 1.165) is 4.47 Å². The molecule has 0 saturated heterocycles. The summed E-state index contributed by atoms with van der Waals surface area (Å²) in [6.07, 6.45) is 0. The molecule has 0 fully saturated rings. The zero-order chi connectivity index (χ0) is 13.8. The smallest absolute Gasteiger partial charge is 0.293 e. The van der Waals surface area contributed by atoms with Crippen LogP contribution in [0, 0.1) is 0 Å². The first-order valence-corrected chi connectivity index (χ1v) is 6.70. The summed E-state index contributed by atoms with van der Waals surface area (Å²) in [4.78, 5) is 14.1. The number of carbonyl (C=O) groups excluding carboxylic acids is 1. The van der Waals surface area contributed by atoms with E-state index < -0.39 is 3.79 Å². The fourth-order valence-electron chi connectivity index (χ4n) is 1.01. The predicted molar refractivity (Wildman–Crippen MR) is 78.1 cm³/mol. The number of anilines is 1. The summed E-state index contributed by atoms with van der Waals surface area (Å²) in [5, 5.41) is 2.66. The molecule has 98 valence electrons. The van der Waals surface area contributed by atoms with Gasteiger partial charge in [-0.25, -0.2) is 0 Å². The van der Waals surface area contributed by atoms with Crippen molar-refractivity contribution < 1.29 is 9.79 Å². The SMILES string of the molecule is NC(=[NH+]CC(=O)Nc1ccc(Br)cc1)C(Cl)(Cl)Cl. The highest BCUT2D eigenvalue weighted by Gasteiger charge is 2.30. The van der Waals surface area contributed by atoms with Crippen LogP contribution < -0.4 is 16.0 Å². The zero-order valence-electron chi connectivity index (χ0n) is 9.01. The van der Waals surface area contributed by atoms with Crippen molar-refractivity contribution in [1.82, 2.24) is 0 Å². The first-order valence-electron chi connectivity index (χ1n) is 4.78. The Kier molecular flexibility index (Phi) is 5.72. The Hall–Kier alpha value is -0.490. The topological polar surface area (TPSA) is 69.1 Å². The number of nitrogens with one attached hydrogen (secondary N) is 2. The number of alkyl halides is 3. The van der Waals surface area contributed by atoms with Crippen LogP contribution in [-0.2, 0) is 4.79 Å². The molecule has 18 heavy (non-hydrogen) atoms. The van der Waals surface area contributed by atoms with Crippen molar-refractivity contribution in [3.63, 3.8) is 0 Å². The number of rotatable bonds is 3. The van der Waals surface area contributed by atoms with Gasteiger partial charge in [0.25, 0.3) is 15.5 Å². The second-order valence-corrected chi connectivity index (χ2v) is 6.52. The minimum atomic E-state index is -1.74. The fourth-order valence-corrected chi connectivity index (χ4v) is 1.48. The molecule has 0 radical (unpaired) electrons. The van der Waals surface area contributed by atoms with E-state index in [1.165, 1.54) is 0 Å². The summed E-state index contributed by atoms with van der Waals surface area (Å²) in [5.41, 5.74) is 6.10. The van der Waals surface area contributed by atoms with Gasteiger partial charge in [-0.05, 0) is 24.3 Å². The highest BCUT2D eigenvalue weighted by molar-refractivity contribution is 9.10. The Morgan fingerprint density at radius 1 is 1.33 bits per heavy atom. The van der Waals surface area contributed by atoms with Gasteiger partial charge < -0.3 is 5.32 Å². The number of hydrogen-bond acceptors (Lipinski definition) is 1. The maximum Gasteiger partial charge on any atom is 0.293 e. The molecular weight excluding hydrogens is 364 g/mol. The largest absolute Gasteiger partial charge is 0.323 e. The average molecular weight is 374 g/mol. The van der Waals surface area contributed by atoms with Gasteiger partial charge >= 0.3 is 0 Å². The lowest BCUT2D eigenvalue weighted by atomic mass is 10.3. The molecule has 0 spiro atoms. The van der Waals surface area contributed by atoms with Gasteiger partial charge in [0.2, 0.25) is 0 Å². The summed E-state index contributed by atoms with van der Waals surface area (Å²) in [7, 11) is 0. The molecule has 0 saturated carbocycles. The molecule has 0 aliphatic heterocycles. The van der Waals surface area contributed by atoms with Crippen LogP contribution in [0.15, 0.2) is 28.7 Å². The van der Waals surface area contributed by atoms with Gasteiger partial charge in [0.1, 0.15) is 0 Å². The Labute approximate surface area is 128 Å². The van der Waals surface area contributed by atoms with Gasteiger partial charge in [-0.15, -0.1) is 0 Å². The van der Waals surface area contributed by atoms with E-state index in [0.29, 0.717) is 5.69 Å². The number of amidine groups is 1. The molecule has 8 heteroatoms. The number of carbonyl (C=O) groups is 1. The third-order valence-corrected chi connectivity index (χ3v) is 3.01. The summed E-state index contributed by atoms with van der Waals surface area (Å²) in [5.74, 6) is -0.395. The molecule has 4 N–H and O–H groups in total. The summed E-state index contributed by atoms with van der Waals surface area (Å²) >= 11 is 19.8. The highest BCUT2D eigenvalue weighted by atomic mass is 79.9. The van der Waals surface area contributed by atoms with Crippen molar-refractivity contribution in [2.75, 3.05) is 11.9 Å². The van der Waals surface area contributed by atoms with E-state index in [9.17, 15) is 4.79 Å². The number of halogens is 4. The summed E-state index contributed by atoms with van der Waals surface area (Å²) < 4.78 is -0.815. The maximum absolute atomic E-state index is 11.5. The number of amides is 1. The first kappa shape index (κ1) is 15.6. The van der Waals surface area contributed by atoms with Gasteiger partial charge in [0.05, 0.1) is 0 Å². The van der Waals surface area contributed by atoms with Crippen molar-refractivity contribution >= 4 is 68.2 Å². The molecule has 0 aliphatic carbocycles. The lowest BCUT2D eigenvalue weighted by Crippen LogP contribution is -2.80. The first-order chi connectivity index (χ1) is 8.29. The molecule has 1 aromatic rings. The molecule has 0 aromatic heterocycles. The molecule has 1 rings (SSSR count). The average Bonchev–Trinajstić information content (AvgIpc) is 2.28. The molecule has 1 aromatic carbocycles. The molecule has 0 aliphatic rings. The Bertz CT molecular complexity index is 456. The fraction of sp³-hybridized carbons (Fsp3) is 0.200. The van der Waals surface area contributed by atoms with Gasteiger partial charge in [0, 0.05) is 10.2 Å². The van der Waals surface area contributed by atoms with Crippen LogP contribution in [0.1, 0.15) is 0 Å². The van der Waals surface area contributed by atoms with Crippen LogP contribution in [0.2, 0.25) is 0 Å². The van der Waals surface area contributed by atoms with Crippen LogP contribution in [0.3, 0.4) is 0 Å². The van der Waals surface area contributed by atoms with E-state index >= 15 is 0 Å². The standard InChI is InChI=1S/C10H9BrCl3N3O/c11-6-1-3-7(4-2-6)17-8(18)5-16-9(15)10(12,13)14/h1-4H,5H2,(H2,15,16)(H,17,18)/p+1. The monoisotopic (exact) mass is 372 g/mol. The van der Waals surface area contributed by atoms with Crippen LogP contribution in [0.4, 0.5) is 5.69 Å². The van der Waals surface area contributed by atoms with Crippen molar-refractivity contribution in [3.05, 3.63) is 28.7 Å². The van der Waals surface area contributed by atoms with Gasteiger partial charge in [0.15, 0.2) is 6.54 Å². The second kappa shape index (κ2) is 6.61. The van der Waals surface area contributed by atoms with Crippen molar-refractivity contribution in [2.24, 2.45) is 5.73 Å². The molecule has 0 bridgehead atoms. The molecular formula is C10H10BrCl3N3O+. The van der Waals surface area contributed by atoms with Crippen molar-refractivity contribution in [1.29, 1.82) is 0 Å². The van der Waals surface area contributed by atoms with E-state index in [2.05, 4.69) is 26.2 Å². The van der Waals surface area contributed by atoms with Crippen LogP contribution in [0.5, 0.6) is 0 Å². The zero-order valence-corrected chi connectivity index (χ0v) is 12.9. The minimum absolute atomic E-state index is 0.0875. The molecule has 0 atom stereocenters. The second-order valence-electron chi connectivity index (χ2n) is 3.32. The lowest BCUT2D eigenvalue weighted by molar-refractivity contribution is -0.445. The summed E-state index contributed by atoms with van der Waals surface area (Å²) in [6.45, 7) is -0.0875. The van der Waals surface area contributed by atoms with Gasteiger partial charge in [-0.3, -0.25) is 15.5 Å². The Morgan fingerprint density at radius 2 is 1.89 bits per heavy atom. The predicted octanol–water partition coefficient (Wildman–Crippen LogP) is 1.20. The number of hydrogen-bond donors (Lipinski definition) is 3. The third kappa shape index (κ3) is 5.44. The lowest BCUT2D eigenvalue weighted by Gasteiger charge is -2.05. The van der Waals surface area contributed by atoms with Crippen molar-refractivity contribution in [3.8, 4) is 0 Å². The van der Waals surface area contributed by atoms with Crippen LogP contribution in [0.25, 0.3) is 0 Å². The van der Waals surface area contributed by atoms with E-state index in [1.807, 2.05) is 12.1 Å². The highest BCUT2D eigenvalue weighted by Crippen LogP contribution is 2.23. The quantitative estimate of drug-likeness (QED) is 0.423.